The maximum absolute atomic E-state index is 12.1. The van der Waals surface area contributed by atoms with Crippen LogP contribution in [0, 0.1) is 6.92 Å². The molecule has 6 heteroatoms. The third-order valence-corrected chi connectivity index (χ3v) is 4.05. The molecule has 2 N–H and O–H groups in total. The fourth-order valence-corrected chi connectivity index (χ4v) is 2.80. The molecule has 0 spiro atoms. The predicted octanol–water partition coefficient (Wildman–Crippen LogP) is 2.61. The number of esters is 2. The first-order chi connectivity index (χ1) is 10.9. The van der Waals surface area contributed by atoms with Crippen LogP contribution in [-0.2, 0) is 20.7 Å². The number of cyclic esters (lactones) is 1. The standard InChI is InChI=1S/C17H22O6/c1-10-13-8-12(6-4-3-5-7-22-11(2)18)23-17(21)16(13)15(20)9-14(10)19/h9,12,19-20H,3-8H2,1-2H3. The molecule has 0 bridgehead atoms. The smallest absolute Gasteiger partial charge is 0.342 e. The fourth-order valence-electron chi connectivity index (χ4n) is 2.80. The number of hydrogen-bond donors (Lipinski definition) is 2. The van der Waals surface area contributed by atoms with Crippen LogP contribution in [-0.4, -0.2) is 34.9 Å². The molecule has 1 atom stereocenters. The molecule has 1 aliphatic rings. The zero-order chi connectivity index (χ0) is 17.0. The number of hydrogen-bond acceptors (Lipinski definition) is 6. The summed E-state index contributed by atoms with van der Waals surface area (Å²) >= 11 is 0. The minimum atomic E-state index is -0.545. The Morgan fingerprint density at radius 3 is 2.74 bits per heavy atom. The van der Waals surface area contributed by atoms with Gasteiger partial charge in [0.05, 0.1) is 6.61 Å². The van der Waals surface area contributed by atoms with Crippen LogP contribution >= 0.6 is 0 Å². The van der Waals surface area contributed by atoms with E-state index in [0.717, 1.165) is 19.3 Å². The first-order valence-corrected chi connectivity index (χ1v) is 7.79. The Balaban J connectivity index is 1.91. The molecule has 1 aromatic rings. The summed E-state index contributed by atoms with van der Waals surface area (Å²) in [6, 6.07) is 1.17. The topological polar surface area (TPSA) is 93.1 Å². The number of phenols is 2. The van der Waals surface area contributed by atoms with Crippen LogP contribution in [0.1, 0.15) is 54.1 Å². The van der Waals surface area contributed by atoms with Crippen molar-refractivity contribution in [1.29, 1.82) is 0 Å². The van der Waals surface area contributed by atoms with Gasteiger partial charge >= 0.3 is 11.9 Å². The molecule has 0 saturated heterocycles. The SMILES string of the molecule is CC(=O)OCCCCCC1Cc2c(C)c(O)cc(O)c2C(=O)O1. The molecule has 6 nitrogen and oxygen atoms in total. The van der Waals surface area contributed by atoms with Crippen LogP contribution in [0.15, 0.2) is 6.07 Å². The number of rotatable bonds is 6. The Kier molecular flexibility index (Phi) is 5.47. The molecule has 0 saturated carbocycles. The van der Waals surface area contributed by atoms with E-state index >= 15 is 0 Å². The average Bonchev–Trinajstić information content (AvgIpc) is 2.47. The minimum absolute atomic E-state index is 0.0175. The van der Waals surface area contributed by atoms with Crippen molar-refractivity contribution < 1.29 is 29.3 Å². The van der Waals surface area contributed by atoms with E-state index in [2.05, 4.69) is 0 Å². The quantitative estimate of drug-likeness (QED) is 0.618. The Labute approximate surface area is 135 Å². The second-order valence-electron chi connectivity index (χ2n) is 5.81. The maximum Gasteiger partial charge on any atom is 0.342 e. The molecule has 2 rings (SSSR count). The summed E-state index contributed by atoms with van der Waals surface area (Å²) in [6.07, 6.45) is 3.41. The molecule has 1 aliphatic heterocycles. The monoisotopic (exact) mass is 322 g/mol. The molecular weight excluding hydrogens is 300 g/mol. The van der Waals surface area contributed by atoms with Gasteiger partial charge < -0.3 is 19.7 Å². The minimum Gasteiger partial charge on any atom is -0.508 e. The highest BCUT2D eigenvalue weighted by Gasteiger charge is 2.31. The Morgan fingerprint density at radius 1 is 1.30 bits per heavy atom. The van der Waals surface area contributed by atoms with Gasteiger partial charge in [0.2, 0.25) is 0 Å². The van der Waals surface area contributed by atoms with Crippen LogP contribution in [0.5, 0.6) is 11.5 Å². The molecule has 1 heterocycles. The lowest BCUT2D eigenvalue weighted by molar-refractivity contribution is -0.141. The van der Waals surface area contributed by atoms with E-state index in [0.29, 0.717) is 30.6 Å². The van der Waals surface area contributed by atoms with Crippen LogP contribution in [0.2, 0.25) is 0 Å². The van der Waals surface area contributed by atoms with Gasteiger partial charge in [-0.3, -0.25) is 4.79 Å². The van der Waals surface area contributed by atoms with Gasteiger partial charge in [-0.1, -0.05) is 0 Å². The van der Waals surface area contributed by atoms with Crippen molar-refractivity contribution in [2.45, 2.75) is 52.1 Å². The molecule has 0 fully saturated rings. The van der Waals surface area contributed by atoms with E-state index in [-0.39, 0.29) is 29.1 Å². The number of carbonyl (C=O) groups excluding carboxylic acids is 2. The van der Waals surface area contributed by atoms with E-state index in [1.807, 2.05) is 0 Å². The summed E-state index contributed by atoms with van der Waals surface area (Å²) in [5.74, 6) is -1.08. The number of benzene rings is 1. The molecule has 0 aliphatic carbocycles. The van der Waals surface area contributed by atoms with E-state index < -0.39 is 5.97 Å². The van der Waals surface area contributed by atoms with Gasteiger partial charge in [0.25, 0.3) is 0 Å². The zero-order valence-electron chi connectivity index (χ0n) is 13.4. The van der Waals surface area contributed by atoms with Gasteiger partial charge in [0.15, 0.2) is 0 Å². The summed E-state index contributed by atoms with van der Waals surface area (Å²) in [5.41, 5.74) is 1.42. The number of ether oxygens (including phenoxy) is 2. The Bertz CT molecular complexity index is 608. The average molecular weight is 322 g/mol. The van der Waals surface area contributed by atoms with Gasteiger partial charge in [0.1, 0.15) is 23.2 Å². The van der Waals surface area contributed by atoms with Crippen LogP contribution in [0.3, 0.4) is 0 Å². The van der Waals surface area contributed by atoms with Gasteiger partial charge in [-0.15, -0.1) is 0 Å². The van der Waals surface area contributed by atoms with Gasteiger partial charge in [-0.25, -0.2) is 4.79 Å². The highest BCUT2D eigenvalue weighted by Crippen LogP contribution is 2.36. The lowest BCUT2D eigenvalue weighted by Crippen LogP contribution is -2.28. The van der Waals surface area contributed by atoms with Crippen LogP contribution in [0.4, 0.5) is 0 Å². The number of phenolic OH excluding ortho intramolecular Hbond substituents is 2. The maximum atomic E-state index is 12.1. The summed E-state index contributed by atoms with van der Waals surface area (Å²) in [5, 5.41) is 19.6. The lowest BCUT2D eigenvalue weighted by atomic mass is 9.91. The number of aromatic hydroxyl groups is 2. The zero-order valence-corrected chi connectivity index (χ0v) is 13.4. The molecule has 126 valence electrons. The molecule has 0 radical (unpaired) electrons. The lowest BCUT2D eigenvalue weighted by Gasteiger charge is -2.26. The summed E-state index contributed by atoms with van der Waals surface area (Å²) in [7, 11) is 0. The molecule has 0 amide bonds. The highest BCUT2D eigenvalue weighted by atomic mass is 16.5. The first-order valence-electron chi connectivity index (χ1n) is 7.79. The van der Waals surface area contributed by atoms with E-state index in [4.69, 9.17) is 9.47 Å². The number of unbranched alkanes of at least 4 members (excludes halogenated alkanes) is 2. The van der Waals surface area contributed by atoms with Crippen molar-refractivity contribution in [3.8, 4) is 11.5 Å². The summed E-state index contributed by atoms with van der Waals surface area (Å²) < 4.78 is 10.2. The summed E-state index contributed by atoms with van der Waals surface area (Å²) in [6.45, 7) is 3.51. The third-order valence-electron chi connectivity index (χ3n) is 4.05. The molecule has 0 aromatic heterocycles. The third kappa shape index (κ3) is 4.15. The summed E-state index contributed by atoms with van der Waals surface area (Å²) in [4.78, 5) is 22.7. The van der Waals surface area contributed by atoms with Crippen molar-refractivity contribution in [2.24, 2.45) is 0 Å². The van der Waals surface area contributed by atoms with Gasteiger partial charge in [-0.05, 0) is 43.7 Å². The number of carbonyl (C=O) groups is 2. The molecule has 1 aromatic carbocycles. The van der Waals surface area contributed by atoms with Gasteiger partial charge in [-0.2, -0.15) is 0 Å². The largest absolute Gasteiger partial charge is 0.508 e. The fraction of sp³-hybridized carbons (Fsp3) is 0.529. The van der Waals surface area contributed by atoms with Crippen molar-refractivity contribution in [3.05, 3.63) is 22.8 Å². The molecule has 1 unspecified atom stereocenters. The molecule has 23 heavy (non-hydrogen) atoms. The normalized spacial score (nSPS) is 16.6. The van der Waals surface area contributed by atoms with Crippen LogP contribution in [0.25, 0.3) is 0 Å². The van der Waals surface area contributed by atoms with E-state index in [9.17, 15) is 19.8 Å². The second-order valence-corrected chi connectivity index (χ2v) is 5.81. The Morgan fingerprint density at radius 2 is 2.04 bits per heavy atom. The van der Waals surface area contributed by atoms with E-state index in [1.54, 1.807) is 6.92 Å². The van der Waals surface area contributed by atoms with E-state index in [1.165, 1.54) is 13.0 Å². The van der Waals surface area contributed by atoms with Gasteiger partial charge in [0, 0.05) is 19.4 Å². The Hall–Kier alpha value is -2.24. The predicted molar refractivity (Wildman–Crippen MR) is 82.5 cm³/mol. The second kappa shape index (κ2) is 7.35. The van der Waals surface area contributed by atoms with Crippen molar-refractivity contribution in [3.63, 3.8) is 0 Å². The van der Waals surface area contributed by atoms with Crippen LogP contribution < -0.4 is 0 Å². The first kappa shape index (κ1) is 17.1. The number of fused-ring (bicyclic) bond motifs is 1. The van der Waals surface area contributed by atoms with Crippen molar-refractivity contribution >= 4 is 11.9 Å². The van der Waals surface area contributed by atoms with Crippen molar-refractivity contribution in [2.75, 3.05) is 6.61 Å². The highest BCUT2D eigenvalue weighted by molar-refractivity contribution is 5.96. The van der Waals surface area contributed by atoms with Crippen molar-refractivity contribution in [1.82, 2.24) is 0 Å². The molecular formula is C17H22O6.